The molecule has 0 saturated carbocycles. The van der Waals surface area contributed by atoms with Gasteiger partial charge in [-0.05, 0) is 46.1 Å². The number of guanidine groups is 1. The van der Waals surface area contributed by atoms with E-state index in [4.69, 9.17) is 4.74 Å². The molecule has 8 nitrogen and oxygen atoms in total. The molecule has 0 aliphatic carbocycles. The van der Waals surface area contributed by atoms with Crippen LogP contribution in [0.15, 0.2) is 23.5 Å². The number of ether oxygens (including phenoxy) is 1. The van der Waals surface area contributed by atoms with Crippen LogP contribution in [0, 0.1) is 5.92 Å². The molecule has 156 valence electrons. The van der Waals surface area contributed by atoms with Gasteiger partial charge in [-0.25, -0.2) is 4.79 Å². The normalized spacial score (nSPS) is 12.7. The Labute approximate surface area is 179 Å². The summed E-state index contributed by atoms with van der Waals surface area (Å²) in [6.45, 7) is 13.4. The number of rotatable bonds is 9. The number of carbonyl (C=O) groups excluding carboxylic acids is 1. The Morgan fingerprint density at radius 1 is 1.26 bits per heavy atom. The van der Waals surface area contributed by atoms with Gasteiger partial charge in [0.05, 0.1) is 0 Å². The number of aliphatic imine (C=N–C) groups is 1. The van der Waals surface area contributed by atoms with Crippen LogP contribution < -0.4 is 16.0 Å². The van der Waals surface area contributed by atoms with Gasteiger partial charge in [-0.15, -0.1) is 24.0 Å². The maximum Gasteiger partial charge on any atom is 0.407 e. The van der Waals surface area contributed by atoms with E-state index in [0.717, 1.165) is 32.0 Å². The Bertz CT molecular complexity index is 543. The van der Waals surface area contributed by atoms with Crippen LogP contribution >= 0.6 is 24.0 Å². The molecule has 0 aliphatic rings. The number of alkyl carbamates (subject to hydrolysis) is 1. The Hall–Kier alpha value is -1.52. The molecule has 0 spiro atoms. The zero-order valence-electron chi connectivity index (χ0n) is 17.1. The van der Waals surface area contributed by atoms with Gasteiger partial charge in [0.25, 0.3) is 0 Å². The number of carbonyl (C=O) groups is 1. The monoisotopic (exact) mass is 494 g/mol. The molecule has 9 heteroatoms. The van der Waals surface area contributed by atoms with Gasteiger partial charge < -0.3 is 20.7 Å². The van der Waals surface area contributed by atoms with Crippen LogP contribution in [0.4, 0.5) is 4.79 Å². The van der Waals surface area contributed by atoms with Crippen molar-refractivity contribution in [2.24, 2.45) is 10.9 Å². The highest BCUT2D eigenvalue weighted by atomic mass is 127. The van der Waals surface area contributed by atoms with Crippen molar-refractivity contribution in [1.82, 2.24) is 25.7 Å². The lowest BCUT2D eigenvalue weighted by molar-refractivity contribution is 0.0527. The fraction of sp³-hybridized carbons (Fsp3) is 0.722. The largest absolute Gasteiger partial charge is 0.444 e. The number of nitrogens with one attached hydrogen (secondary N) is 3. The first-order valence-corrected chi connectivity index (χ1v) is 9.26. The molecule has 0 radical (unpaired) electrons. The lowest BCUT2D eigenvalue weighted by Crippen LogP contribution is -2.39. The van der Waals surface area contributed by atoms with Crippen LogP contribution in [0.5, 0.6) is 0 Å². The number of amides is 1. The van der Waals surface area contributed by atoms with Gasteiger partial charge in [-0.1, -0.05) is 6.92 Å². The first-order chi connectivity index (χ1) is 12.3. The average Bonchev–Trinajstić information content (AvgIpc) is 3.03. The predicted octanol–water partition coefficient (Wildman–Crippen LogP) is 2.61. The van der Waals surface area contributed by atoms with Crippen LogP contribution in [-0.2, 0) is 11.3 Å². The Morgan fingerprint density at radius 2 is 1.96 bits per heavy atom. The van der Waals surface area contributed by atoms with Crippen molar-refractivity contribution in [1.29, 1.82) is 0 Å². The molecule has 1 aromatic heterocycles. The lowest BCUT2D eigenvalue weighted by Gasteiger charge is -2.19. The summed E-state index contributed by atoms with van der Waals surface area (Å²) in [5.41, 5.74) is -0.472. The van der Waals surface area contributed by atoms with Crippen LogP contribution in [0.1, 0.15) is 41.0 Å². The maximum absolute atomic E-state index is 11.6. The van der Waals surface area contributed by atoms with Crippen LogP contribution in [0.2, 0.25) is 0 Å². The molecule has 1 heterocycles. The van der Waals surface area contributed by atoms with Crippen molar-refractivity contribution < 1.29 is 9.53 Å². The van der Waals surface area contributed by atoms with E-state index in [1.807, 2.05) is 44.6 Å². The van der Waals surface area contributed by atoms with Crippen molar-refractivity contribution in [3.05, 3.63) is 18.5 Å². The Kier molecular flexibility index (Phi) is 12.9. The van der Waals surface area contributed by atoms with E-state index in [1.54, 1.807) is 6.20 Å². The summed E-state index contributed by atoms with van der Waals surface area (Å²) < 4.78 is 7.12. The lowest BCUT2D eigenvalue weighted by atomic mass is 10.2. The van der Waals surface area contributed by atoms with E-state index in [9.17, 15) is 4.79 Å². The van der Waals surface area contributed by atoms with Gasteiger partial charge >= 0.3 is 6.09 Å². The van der Waals surface area contributed by atoms with Crippen molar-refractivity contribution in [3.63, 3.8) is 0 Å². The van der Waals surface area contributed by atoms with E-state index in [-0.39, 0.29) is 30.1 Å². The summed E-state index contributed by atoms with van der Waals surface area (Å²) in [5.74, 6) is 1.18. The van der Waals surface area contributed by atoms with E-state index in [0.29, 0.717) is 19.0 Å². The maximum atomic E-state index is 11.6. The van der Waals surface area contributed by atoms with Crippen LogP contribution in [0.3, 0.4) is 0 Å². The third-order valence-corrected chi connectivity index (χ3v) is 3.28. The number of hydrogen-bond donors (Lipinski definition) is 3. The first-order valence-electron chi connectivity index (χ1n) is 9.26. The van der Waals surface area contributed by atoms with Crippen molar-refractivity contribution >= 4 is 36.0 Å². The summed E-state index contributed by atoms with van der Waals surface area (Å²) >= 11 is 0. The number of halogens is 1. The molecule has 1 rings (SSSR count). The highest BCUT2D eigenvalue weighted by molar-refractivity contribution is 14.0. The summed E-state index contributed by atoms with van der Waals surface area (Å²) in [4.78, 5) is 16.2. The van der Waals surface area contributed by atoms with Gasteiger partial charge in [0, 0.05) is 45.1 Å². The van der Waals surface area contributed by atoms with Gasteiger partial charge in [-0.3, -0.25) is 9.67 Å². The third-order valence-electron chi connectivity index (χ3n) is 3.28. The summed E-state index contributed by atoms with van der Waals surface area (Å²) in [7, 11) is 0. The topological polar surface area (TPSA) is 92.6 Å². The quantitative estimate of drug-likeness (QED) is 0.213. The zero-order valence-corrected chi connectivity index (χ0v) is 19.4. The van der Waals surface area contributed by atoms with Crippen molar-refractivity contribution in [2.75, 3.05) is 26.2 Å². The van der Waals surface area contributed by atoms with E-state index >= 15 is 0 Å². The fourth-order valence-corrected chi connectivity index (χ4v) is 2.17. The highest BCUT2D eigenvalue weighted by Crippen LogP contribution is 2.06. The second-order valence-corrected chi connectivity index (χ2v) is 7.26. The van der Waals surface area contributed by atoms with E-state index < -0.39 is 5.60 Å². The zero-order chi connectivity index (χ0) is 19.4. The minimum absolute atomic E-state index is 0. The minimum atomic E-state index is -0.472. The molecule has 0 bridgehead atoms. The van der Waals surface area contributed by atoms with Crippen LogP contribution in [-0.4, -0.2) is 53.6 Å². The molecule has 0 saturated heterocycles. The van der Waals surface area contributed by atoms with Crippen molar-refractivity contribution in [2.45, 2.75) is 53.2 Å². The molecule has 1 amide bonds. The summed E-state index contributed by atoms with van der Waals surface area (Å²) in [6.07, 6.45) is 4.14. The highest BCUT2D eigenvalue weighted by Gasteiger charge is 2.15. The van der Waals surface area contributed by atoms with Gasteiger partial charge in [0.15, 0.2) is 5.96 Å². The second-order valence-electron chi connectivity index (χ2n) is 7.26. The van der Waals surface area contributed by atoms with Gasteiger partial charge in [-0.2, -0.15) is 5.10 Å². The number of nitrogens with zero attached hydrogens (tertiary/aromatic N) is 3. The number of hydrogen-bond acceptors (Lipinski definition) is 4. The molecule has 0 aliphatic heterocycles. The molecule has 27 heavy (non-hydrogen) atoms. The molecule has 1 aromatic rings. The third kappa shape index (κ3) is 13.3. The minimum Gasteiger partial charge on any atom is -0.444 e. The molecule has 1 unspecified atom stereocenters. The van der Waals surface area contributed by atoms with E-state index in [2.05, 4.69) is 33.0 Å². The Balaban J connectivity index is 0.00000676. The molecule has 0 fully saturated rings. The molecular weight excluding hydrogens is 459 g/mol. The molecular formula is C18H35IN6O2. The van der Waals surface area contributed by atoms with Crippen LogP contribution in [0.25, 0.3) is 0 Å². The SMILES string of the molecule is CCNC(=NCC(C)Cn1cccn1)NCCCNC(=O)OC(C)(C)C.I. The van der Waals surface area contributed by atoms with Crippen molar-refractivity contribution in [3.8, 4) is 0 Å². The smallest absolute Gasteiger partial charge is 0.407 e. The Morgan fingerprint density at radius 3 is 2.56 bits per heavy atom. The predicted molar refractivity (Wildman–Crippen MR) is 120 cm³/mol. The standard InChI is InChI=1S/C18H34N6O2.HI/c1-6-19-16(22-13-15(2)14-24-12-8-11-23-24)20-9-7-10-21-17(25)26-18(3,4)5;/h8,11-12,15H,6-7,9-10,13-14H2,1-5H3,(H,21,25)(H2,19,20,22);1H. The van der Waals surface area contributed by atoms with Gasteiger partial charge in [0.1, 0.15) is 5.60 Å². The second kappa shape index (κ2) is 13.6. The molecule has 0 aromatic carbocycles. The molecule has 3 N–H and O–H groups in total. The number of aromatic nitrogens is 2. The van der Waals surface area contributed by atoms with E-state index in [1.165, 1.54) is 0 Å². The fourth-order valence-electron chi connectivity index (χ4n) is 2.17. The summed E-state index contributed by atoms with van der Waals surface area (Å²) in [5, 5.41) is 13.5. The molecule has 1 atom stereocenters. The first kappa shape index (κ1) is 25.5. The average molecular weight is 494 g/mol. The summed E-state index contributed by atoms with van der Waals surface area (Å²) in [6, 6.07) is 1.92. The van der Waals surface area contributed by atoms with Gasteiger partial charge in [0.2, 0.25) is 0 Å².